The Bertz CT molecular complexity index is 958. The summed E-state index contributed by atoms with van der Waals surface area (Å²) < 4.78 is 2.55. The summed E-state index contributed by atoms with van der Waals surface area (Å²) in [6.45, 7) is 0. The predicted octanol–water partition coefficient (Wildman–Crippen LogP) is 3.40. The van der Waals surface area contributed by atoms with Gasteiger partial charge in [-0.15, -0.1) is 11.3 Å². The summed E-state index contributed by atoms with van der Waals surface area (Å²) in [5.41, 5.74) is 2.77. The second-order valence-electron chi connectivity index (χ2n) is 5.28. The van der Waals surface area contributed by atoms with Gasteiger partial charge in [-0.2, -0.15) is 0 Å². The molecule has 22 heavy (non-hydrogen) atoms. The van der Waals surface area contributed by atoms with Crippen LogP contribution in [0, 0.1) is 0 Å². The third-order valence-corrected chi connectivity index (χ3v) is 5.14. The molecule has 4 aromatic rings. The van der Waals surface area contributed by atoms with E-state index in [0.717, 1.165) is 5.56 Å². The maximum absolute atomic E-state index is 9.21. The zero-order chi connectivity index (χ0) is 15.1. The lowest BCUT2D eigenvalue weighted by molar-refractivity contribution is 0.426. The molecule has 0 aliphatic carbocycles. The van der Waals surface area contributed by atoms with Crippen molar-refractivity contribution in [3.8, 4) is 11.1 Å². The average molecular weight is 304 g/mol. The van der Waals surface area contributed by atoms with E-state index in [1.807, 2.05) is 12.1 Å². The molecule has 0 saturated carbocycles. The van der Waals surface area contributed by atoms with Gasteiger partial charge in [-0.05, 0) is 22.7 Å². The van der Waals surface area contributed by atoms with Crippen LogP contribution in [0.5, 0.6) is 0 Å². The van der Waals surface area contributed by atoms with Crippen molar-refractivity contribution in [2.45, 2.75) is 0 Å². The van der Waals surface area contributed by atoms with E-state index in [1.54, 1.807) is 23.5 Å². The quantitative estimate of drug-likeness (QED) is 0.557. The molecule has 0 aliphatic heterocycles. The van der Waals surface area contributed by atoms with Crippen LogP contribution >= 0.6 is 11.3 Å². The maximum Gasteiger partial charge on any atom is 0.488 e. The second-order valence-corrected chi connectivity index (χ2v) is 6.33. The molecule has 4 rings (SSSR count). The molecule has 0 aliphatic rings. The minimum atomic E-state index is -1.42. The van der Waals surface area contributed by atoms with Gasteiger partial charge in [-0.1, -0.05) is 60.7 Å². The number of rotatable bonds is 2. The van der Waals surface area contributed by atoms with E-state index < -0.39 is 7.12 Å². The highest BCUT2D eigenvalue weighted by molar-refractivity contribution is 7.26. The summed E-state index contributed by atoms with van der Waals surface area (Å²) >= 11 is 1.79. The summed E-state index contributed by atoms with van der Waals surface area (Å²) in [7, 11) is -1.42. The first-order valence-electron chi connectivity index (χ1n) is 7.11. The van der Waals surface area contributed by atoms with E-state index in [4.69, 9.17) is 0 Å². The van der Waals surface area contributed by atoms with E-state index >= 15 is 0 Å². The van der Waals surface area contributed by atoms with Gasteiger partial charge < -0.3 is 10.0 Å². The highest BCUT2D eigenvalue weighted by atomic mass is 32.1. The van der Waals surface area contributed by atoms with Gasteiger partial charge in [0, 0.05) is 20.2 Å². The molecule has 3 aromatic carbocycles. The van der Waals surface area contributed by atoms with Crippen molar-refractivity contribution in [3.05, 3.63) is 66.7 Å². The van der Waals surface area contributed by atoms with Crippen molar-refractivity contribution in [3.63, 3.8) is 0 Å². The summed E-state index contributed by atoms with van der Waals surface area (Å²) in [5.74, 6) is 0. The Morgan fingerprint density at radius 3 is 2.23 bits per heavy atom. The van der Waals surface area contributed by atoms with Crippen LogP contribution in [0.2, 0.25) is 0 Å². The van der Waals surface area contributed by atoms with Gasteiger partial charge >= 0.3 is 7.12 Å². The molecule has 0 saturated heterocycles. The van der Waals surface area contributed by atoms with E-state index in [9.17, 15) is 10.0 Å². The first-order chi connectivity index (χ1) is 10.7. The minimum Gasteiger partial charge on any atom is -0.423 e. The lowest BCUT2D eigenvalue weighted by Crippen LogP contribution is -2.29. The molecule has 2 N–H and O–H groups in total. The Labute approximate surface area is 132 Å². The molecule has 2 nitrogen and oxygen atoms in total. The molecule has 0 fully saturated rings. The van der Waals surface area contributed by atoms with Crippen molar-refractivity contribution < 1.29 is 10.0 Å². The van der Waals surface area contributed by atoms with E-state index in [1.165, 1.54) is 25.7 Å². The number of hydrogen-bond donors (Lipinski definition) is 2. The Hall–Kier alpha value is -2.14. The van der Waals surface area contributed by atoms with Crippen LogP contribution in [0.1, 0.15) is 0 Å². The topological polar surface area (TPSA) is 40.5 Å². The number of fused-ring (bicyclic) bond motifs is 3. The van der Waals surface area contributed by atoms with Crippen LogP contribution in [0.25, 0.3) is 31.3 Å². The maximum atomic E-state index is 9.21. The smallest absolute Gasteiger partial charge is 0.423 e. The van der Waals surface area contributed by atoms with Gasteiger partial charge in [0.2, 0.25) is 0 Å². The molecule has 0 amide bonds. The average Bonchev–Trinajstić information content (AvgIpc) is 2.93. The molecule has 1 heterocycles. The van der Waals surface area contributed by atoms with Crippen molar-refractivity contribution in [2.75, 3.05) is 0 Å². The monoisotopic (exact) mass is 304 g/mol. The molecule has 0 radical (unpaired) electrons. The SMILES string of the molecule is OB(O)c1ccc(-c2cccc3c2sc2ccccc23)cc1. The fourth-order valence-corrected chi connectivity index (χ4v) is 4.05. The first kappa shape index (κ1) is 13.5. The normalized spacial score (nSPS) is 11.2. The largest absolute Gasteiger partial charge is 0.488 e. The number of benzene rings is 3. The van der Waals surface area contributed by atoms with Crippen molar-refractivity contribution in [2.24, 2.45) is 0 Å². The Kier molecular flexibility index (Phi) is 3.23. The Morgan fingerprint density at radius 1 is 0.727 bits per heavy atom. The highest BCUT2D eigenvalue weighted by Gasteiger charge is 2.12. The van der Waals surface area contributed by atoms with Crippen LogP contribution in [-0.2, 0) is 0 Å². The van der Waals surface area contributed by atoms with Crippen molar-refractivity contribution in [1.29, 1.82) is 0 Å². The Morgan fingerprint density at radius 2 is 1.45 bits per heavy atom. The van der Waals surface area contributed by atoms with Gasteiger partial charge in [-0.25, -0.2) is 0 Å². The minimum absolute atomic E-state index is 0.507. The lowest BCUT2D eigenvalue weighted by atomic mass is 9.80. The number of thiophene rings is 1. The lowest BCUT2D eigenvalue weighted by Gasteiger charge is -2.05. The fraction of sp³-hybridized carbons (Fsp3) is 0. The van der Waals surface area contributed by atoms with Gasteiger partial charge in [0.25, 0.3) is 0 Å². The molecule has 0 spiro atoms. The van der Waals surface area contributed by atoms with Crippen LogP contribution in [0.4, 0.5) is 0 Å². The van der Waals surface area contributed by atoms with Crippen LogP contribution in [0.15, 0.2) is 66.7 Å². The molecule has 0 bridgehead atoms. The predicted molar refractivity (Wildman–Crippen MR) is 94.6 cm³/mol. The van der Waals surface area contributed by atoms with E-state index in [0.29, 0.717) is 5.46 Å². The summed E-state index contributed by atoms with van der Waals surface area (Å²) in [6, 6.07) is 22.2. The van der Waals surface area contributed by atoms with Gasteiger partial charge in [-0.3, -0.25) is 0 Å². The van der Waals surface area contributed by atoms with Crippen LogP contribution < -0.4 is 5.46 Å². The zero-order valence-corrected chi connectivity index (χ0v) is 12.5. The summed E-state index contributed by atoms with van der Waals surface area (Å²) in [5, 5.41) is 21.0. The molecular weight excluding hydrogens is 291 g/mol. The molecule has 106 valence electrons. The van der Waals surface area contributed by atoms with Crippen LogP contribution in [0.3, 0.4) is 0 Å². The molecule has 0 unspecified atom stereocenters. The highest BCUT2D eigenvalue weighted by Crippen LogP contribution is 2.39. The van der Waals surface area contributed by atoms with E-state index in [-0.39, 0.29) is 0 Å². The number of hydrogen-bond acceptors (Lipinski definition) is 3. The third kappa shape index (κ3) is 2.13. The second kappa shape index (κ2) is 5.25. The van der Waals surface area contributed by atoms with Gasteiger partial charge in [0.15, 0.2) is 0 Å². The van der Waals surface area contributed by atoms with E-state index in [2.05, 4.69) is 42.5 Å². The van der Waals surface area contributed by atoms with Crippen LogP contribution in [-0.4, -0.2) is 17.2 Å². The molecule has 0 atom stereocenters. The molecular formula is C18H13BO2S. The summed E-state index contributed by atoms with van der Waals surface area (Å²) in [4.78, 5) is 0. The molecule has 4 heteroatoms. The fourth-order valence-electron chi connectivity index (χ4n) is 2.81. The van der Waals surface area contributed by atoms with Crippen molar-refractivity contribution >= 4 is 44.1 Å². The first-order valence-corrected chi connectivity index (χ1v) is 7.92. The van der Waals surface area contributed by atoms with Crippen molar-refractivity contribution in [1.82, 2.24) is 0 Å². The third-order valence-electron chi connectivity index (χ3n) is 3.92. The molecule has 1 aromatic heterocycles. The van der Waals surface area contributed by atoms with Gasteiger partial charge in [0.05, 0.1) is 0 Å². The zero-order valence-electron chi connectivity index (χ0n) is 11.7. The van der Waals surface area contributed by atoms with Gasteiger partial charge in [0.1, 0.15) is 0 Å². The Balaban J connectivity index is 1.94. The summed E-state index contributed by atoms with van der Waals surface area (Å²) in [6.07, 6.45) is 0. The standard InChI is InChI=1S/C18H13BO2S/c20-19(21)13-10-8-12(9-11-13)14-5-3-6-16-15-4-1-2-7-17(15)22-18(14)16/h1-11,20-21H.